The van der Waals surface area contributed by atoms with Crippen LogP contribution in [-0.2, 0) is 0 Å². The van der Waals surface area contributed by atoms with Crippen LogP contribution in [0.2, 0.25) is 0 Å². The van der Waals surface area contributed by atoms with Crippen molar-refractivity contribution in [1.82, 2.24) is 19.6 Å². The van der Waals surface area contributed by atoms with Crippen LogP contribution < -0.4 is 4.74 Å². The van der Waals surface area contributed by atoms with Gasteiger partial charge in [0.25, 0.3) is 0 Å². The molecule has 1 unspecified atom stereocenters. The summed E-state index contributed by atoms with van der Waals surface area (Å²) in [5, 5.41) is 6.69. The molecule has 27 heavy (non-hydrogen) atoms. The van der Waals surface area contributed by atoms with Gasteiger partial charge in [-0.05, 0) is 35.9 Å². The van der Waals surface area contributed by atoms with Crippen molar-refractivity contribution < 1.29 is 9.15 Å². The van der Waals surface area contributed by atoms with Gasteiger partial charge in [-0.3, -0.25) is 0 Å². The summed E-state index contributed by atoms with van der Waals surface area (Å²) in [5.74, 6) is 2.67. The molecule has 0 bridgehead atoms. The van der Waals surface area contributed by atoms with Crippen molar-refractivity contribution in [3.8, 4) is 11.6 Å². The second-order valence-corrected chi connectivity index (χ2v) is 6.64. The first-order chi connectivity index (χ1) is 13.3. The first kappa shape index (κ1) is 14.5. The van der Waals surface area contributed by atoms with Crippen LogP contribution >= 0.6 is 0 Å². The second kappa shape index (κ2) is 5.17. The third-order valence-electron chi connectivity index (χ3n) is 5.04. The number of aryl methyl sites for hydroxylation is 1. The molecule has 0 fully saturated rings. The lowest BCUT2D eigenvalue weighted by atomic mass is 9.84. The molecule has 6 rings (SSSR count). The Morgan fingerprint density at radius 2 is 1.93 bits per heavy atom. The van der Waals surface area contributed by atoms with Crippen molar-refractivity contribution in [2.24, 2.45) is 0 Å². The lowest BCUT2D eigenvalue weighted by Gasteiger charge is -2.27. The average molecular weight is 354 g/mol. The summed E-state index contributed by atoms with van der Waals surface area (Å²) in [4.78, 5) is 9.13. The molecule has 2 aromatic carbocycles. The summed E-state index contributed by atoms with van der Waals surface area (Å²) in [6, 6.07) is 16.2. The summed E-state index contributed by atoms with van der Waals surface area (Å²) in [6.07, 6.45) is 3.33. The van der Waals surface area contributed by atoms with Crippen LogP contribution in [0.1, 0.15) is 28.6 Å². The van der Waals surface area contributed by atoms with Crippen LogP contribution in [0.3, 0.4) is 0 Å². The highest BCUT2D eigenvalue weighted by molar-refractivity contribution is 5.90. The van der Waals surface area contributed by atoms with Gasteiger partial charge in [0.2, 0.25) is 5.88 Å². The number of rotatable bonds is 1. The normalized spacial score (nSPS) is 15.5. The van der Waals surface area contributed by atoms with Crippen molar-refractivity contribution in [3.63, 3.8) is 0 Å². The SMILES string of the molecule is Cc1nc2c3c(ncn2n1)Oc1ccc2ccccc2c1C3c1ccco1. The fourth-order valence-corrected chi connectivity index (χ4v) is 3.95. The Bertz CT molecular complexity index is 1320. The third-order valence-corrected chi connectivity index (χ3v) is 5.04. The Balaban J connectivity index is 1.76. The summed E-state index contributed by atoms with van der Waals surface area (Å²) >= 11 is 0. The van der Waals surface area contributed by atoms with Crippen molar-refractivity contribution in [1.29, 1.82) is 0 Å². The molecule has 0 N–H and O–H groups in total. The quantitative estimate of drug-likeness (QED) is 0.436. The predicted octanol–water partition coefficient (Wildman–Crippen LogP) is 4.46. The Kier molecular flexibility index (Phi) is 2.78. The summed E-state index contributed by atoms with van der Waals surface area (Å²) in [6.45, 7) is 1.87. The predicted molar refractivity (Wildman–Crippen MR) is 99.2 cm³/mol. The molecule has 0 aliphatic carbocycles. The number of ether oxygens (including phenoxy) is 1. The van der Waals surface area contributed by atoms with E-state index in [2.05, 4.69) is 33.3 Å². The highest BCUT2D eigenvalue weighted by Gasteiger charge is 2.36. The fraction of sp³-hybridized carbons (Fsp3) is 0.0952. The summed E-state index contributed by atoms with van der Waals surface area (Å²) in [5.41, 5.74) is 2.67. The second-order valence-electron chi connectivity index (χ2n) is 6.64. The average Bonchev–Trinajstić information content (AvgIpc) is 3.35. The van der Waals surface area contributed by atoms with Crippen molar-refractivity contribution in [2.75, 3.05) is 0 Å². The van der Waals surface area contributed by atoms with Gasteiger partial charge < -0.3 is 9.15 Å². The van der Waals surface area contributed by atoms with Gasteiger partial charge in [-0.2, -0.15) is 5.10 Å². The number of hydrogen-bond donors (Lipinski definition) is 0. The van der Waals surface area contributed by atoms with Crippen molar-refractivity contribution in [2.45, 2.75) is 12.8 Å². The van der Waals surface area contributed by atoms with Crippen LogP contribution in [-0.4, -0.2) is 19.6 Å². The van der Waals surface area contributed by atoms with Crippen molar-refractivity contribution in [3.05, 3.63) is 83.8 Å². The minimum atomic E-state index is -0.176. The van der Waals surface area contributed by atoms with Crippen LogP contribution in [0.5, 0.6) is 11.6 Å². The minimum Gasteiger partial charge on any atom is -0.468 e. The molecule has 6 nitrogen and oxygen atoms in total. The Morgan fingerprint density at radius 1 is 1.00 bits per heavy atom. The number of nitrogens with zero attached hydrogens (tertiary/aromatic N) is 4. The number of aromatic nitrogens is 4. The van der Waals surface area contributed by atoms with Crippen LogP contribution in [0.25, 0.3) is 16.4 Å². The van der Waals surface area contributed by atoms with Crippen LogP contribution in [0, 0.1) is 6.92 Å². The zero-order valence-corrected chi connectivity index (χ0v) is 14.5. The topological polar surface area (TPSA) is 65.5 Å². The summed E-state index contributed by atoms with van der Waals surface area (Å²) < 4.78 is 13.7. The third kappa shape index (κ3) is 1.98. The Hall–Kier alpha value is -3.67. The van der Waals surface area contributed by atoms with E-state index in [-0.39, 0.29) is 5.92 Å². The van der Waals surface area contributed by atoms with E-state index in [9.17, 15) is 0 Å². The van der Waals surface area contributed by atoms with Gasteiger partial charge in [0.05, 0.1) is 17.7 Å². The Labute approximate surface area is 154 Å². The van der Waals surface area contributed by atoms with Crippen molar-refractivity contribution >= 4 is 16.4 Å². The first-order valence-corrected chi connectivity index (χ1v) is 8.74. The molecule has 0 saturated heterocycles. The summed E-state index contributed by atoms with van der Waals surface area (Å²) in [7, 11) is 0. The highest BCUT2D eigenvalue weighted by Crippen LogP contribution is 2.50. The molecule has 4 heterocycles. The van der Waals surface area contributed by atoms with Gasteiger partial charge in [0, 0.05) is 5.56 Å². The Morgan fingerprint density at radius 3 is 2.81 bits per heavy atom. The van der Waals surface area contributed by atoms with Gasteiger partial charge in [-0.15, -0.1) is 0 Å². The van der Waals surface area contributed by atoms with E-state index in [1.807, 2.05) is 37.3 Å². The zero-order chi connectivity index (χ0) is 18.0. The van der Waals surface area contributed by atoms with Gasteiger partial charge in [-0.1, -0.05) is 30.3 Å². The van der Waals surface area contributed by atoms with E-state index in [0.29, 0.717) is 11.7 Å². The fourth-order valence-electron chi connectivity index (χ4n) is 3.95. The highest BCUT2D eigenvalue weighted by atomic mass is 16.5. The number of furan rings is 1. The number of hydrogen-bond acceptors (Lipinski definition) is 5. The molecular formula is C21H14N4O2. The molecule has 1 atom stereocenters. The number of fused-ring (bicyclic) bond motifs is 6. The van der Waals surface area contributed by atoms with Gasteiger partial charge in [0.1, 0.15) is 23.7 Å². The molecular weight excluding hydrogens is 340 g/mol. The van der Waals surface area contributed by atoms with Crippen LogP contribution in [0.4, 0.5) is 0 Å². The van der Waals surface area contributed by atoms with E-state index >= 15 is 0 Å². The molecule has 0 amide bonds. The van der Waals surface area contributed by atoms with E-state index in [1.54, 1.807) is 17.1 Å². The molecule has 0 radical (unpaired) electrons. The first-order valence-electron chi connectivity index (χ1n) is 8.74. The monoisotopic (exact) mass is 354 g/mol. The molecule has 6 heteroatoms. The van der Waals surface area contributed by atoms with E-state index < -0.39 is 0 Å². The maximum absolute atomic E-state index is 6.20. The minimum absolute atomic E-state index is 0.176. The zero-order valence-electron chi connectivity index (χ0n) is 14.5. The van der Waals surface area contributed by atoms with Gasteiger partial charge >= 0.3 is 0 Å². The van der Waals surface area contributed by atoms with Gasteiger partial charge in [0.15, 0.2) is 5.65 Å². The largest absolute Gasteiger partial charge is 0.468 e. The molecule has 5 aromatic rings. The molecule has 0 spiro atoms. The number of benzene rings is 2. The smallest absolute Gasteiger partial charge is 0.228 e. The molecule has 1 aliphatic heterocycles. The molecule has 3 aromatic heterocycles. The lowest BCUT2D eigenvalue weighted by Crippen LogP contribution is -2.15. The molecule has 0 saturated carbocycles. The van der Waals surface area contributed by atoms with E-state index in [1.165, 1.54) is 0 Å². The maximum Gasteiger partial charge on any atom is 0.228 e. The maximum atomic E-state index is 6.20. The lowest BCUT2D eigenvalue weighted by molar-refractivity contribution is 0.418. The molecule has 130 valence electrons. The van der Waals surface area contributed by atoms with E-state index in [4.69, 9.17) is 9.15 Å². The standard InChI is InChI=1S/C21H14N4O2/c1-12-23-20-19-18(15-7-4-10-26-15)17-14-6-3-2-5-13(14)8-9-16(17)27-21(19)22-11-25(20)24-12/h2-11,18H,1H3. The van der Waals surface area contributed by atoms with E-state index in [0.717, 1.165) is 39.1 Å². The van der Waals surface area contributed by atoms with Gasteiger partial charge in [-0.25, -0.2) is 14.5 Å². The molecule has 1 aliphatic rings. The van der Waals surface area contributed by atoms with Crippen LogP contribution in [0.15, 0.2) is 65.5 Å².